The summed E-state index contributed by atoms with van der Waals surface area (Å²) in [6.07, 6.45) is 4.38. The van der Waals surface area contributed by atoms with Crippen molar-refractivity contribution in [1.82, 2.24) is 14.8 Å². The first-order chi connectivity index (χ1) is 16.3. The number of methoxy groups -OCH3 is 1. The van der Waals surface area contributed by atoms with Crippen LogP contribution in [0.1, 0.15) is 57.9 Å². The summed E-state index contributed by atoms with van der Waals surface area (Å²) in [6, 6.07) is 0. The second-order valence-corrected chi connectivity index (χ2v) is 11.8. The average molecular weight is 519 g/mol. The van der Waals surface area contributed by atoms with E-state index in [1.165, 1.54) is 52.6 Å². The Morgan fingerprint density at radius 3 is 2.85 bits per heavy atom. The van der Waals surface area contributed by atoms with E-state index in [0.29, 0.717) is 10.6 Å². The van der Waals surface area contributed by atoms with E-state index in [-0.39, 0.29) is 11.7 Å². The van der Waals surface area contributed by atoms with Gasteiger partial charge in [0.25, 0.3) is 0 Å². The normalized spacial score (nSPS) is 15.3. The Morgan fingerprint density at radius 1 is 1.32 bits per heavy atom. The number of amides is 1. The lowest BCUT2D eigenvalue weighted by Crippen LogP contribution is -2.16. The van der Waals surface area contributed by atoms with Gasteiger partial charge in [0, 0.05) is 27.2 Å². The van der Waals surface area contributed by atoms with E-state index >= 15 is 0 Å². The van der Waals surface area contributed by atoms with Crippen LogP contribution in [-0.4, -0.2) is 39.5 Å². The second-order valence-electron chi connectivity index (χ2n) is 8.67. The molecule has 0 fully saturated rings. The fourth-order valence-electron chi connectivity index (χ4n) is 4.24. The highest BCUT2D eigenvalue weighted by atomic mass is 32.2. The predicted molar refractivity (Wildman–Crippen MR) is 139 cm³/mol. The molecular formula is C24H30N4O3S3. The van der Waals surface area contributed by atoms with E-state index in [1.807, 2.05) is 25.2 Å². The van der Waals surface area contributed by atoms with Crippen LogP contribution in [0.5, 0.6) is 0 Å². The molecule has 0 saturated heterocycles. The summed E-state index contributed by atoms with van der Waals surface area (Å²) in [5.74, 6) is 1.18. The lowest BCUT2D eigenvalue weighted by molar-refractivity contribution is -0.113. The molecule has 1 aliphatic rings. The summed E-state index contributed by atoms with van der Waals surface area (Å²) >= 11 is 4.58. The van der Waals surface area contributed by atoms with Crippen molar-refractivity contribution in [2.75, 3.05) is 18.2 Å². The number of aromatic nitrogens is 3. The summed E-state index contributed by atoms with van der Waals surface area (Å²) in [5.41, 5.74) is 3.87. The number of nitrogens with zero attached hydrogens (tertiary/aromatic N) is 3. The van der Waals surface area contributed by atoms with Crippen molar-refractivity contribution >= 4 is 51.3 Å². The zero-order valence-electron chi connectivity index (χ0n) is 20.2. The summed E-state index contributed by atoms with van der Waals surface area (Å²) < 4.78 is 7.04. The van der Waals surface area contributed by atoms with Gasteiger partial charge in [-0.15, -0.1) is 32.9 Å². The van der Waals surface area contributed by atoms with Crippen LogP contribution >= 0.6 is 34.4 Å². The van der Waals surface area contributed by atoms with Gasteiger partial charge >= 0.3 is 5.97 Å². The maximum Gasteiger partial charge on any atom is 0.341 e. The van der Waals surface area contributed by atoms with Crippen molar-refractivity contribution in [3.63, 3.8) is 0 Å². The molecule has 3 aromatic rings. The standard InChI is InChI=1S/C24H30N4O3S3/c1-6-9-28-21(17-11-32-18-10-13(2)7-8-16(17)18)26-27-24(28)33-12-19(29)25-22-20(23(30)31-5)14(3)15(4)34-22/h11,13H,6-10,12H2,1-5H3,(H,25,29). The Morgan fingerprint density at radius 2 is 2.12 bits per heavy atom. The Hall–Kier alpha value is -2.17. The third kappa shape index (κ3) is 4.94. The third-order valence-electron chi connectivity index (χ3n) is 6.17. The SMILES string of the molecule is CCCn1c(SCC(=O)Nc2sc(C)c(C)c2C(=O)OC)nnc1-c1csc2c1CCC(C)C2. The molecule has 0 radical (unpaired) electrons. The largest absolute Gasteiger partial charge is 0.465 e. The number of esters is 1. The number of thiophene rings is 2. The average Bonchev–Trinajstić information content (AvgIpc) is 3.47. The number of hydrogen-bond donors (Lipinski definition) is 1. The molecule has 1 amide bonds. The molecular weight excluding hydrogens is 488 g/mol. The predicted octanol–water partition coefficient (Wildman–Crippen LogP) is 5.74. The number of fused-ring (bicyclic) bond motifs is 1. The van der Waals surface area contributed by atoms with E-state index in [2.05, 4.69) is 39.3 Å². The monoisotopic (exact) mass is 518 g/mol. The fourth-order valence-corrected chi connectivity index (χ4v) is 7.31. The Bertz CT molecular complexity index is 1210. The number of nitrogens with one attached hydrogen (secondary N) is 1. The van der Waals surface area contributed by atoms with Crippen molar-refractivity contribution in [2.24, 2.45) is 5.92 Å². The van der Waals surface area contributed by atoms with Crippen LogP contribution in [0.4, 0.5) is 5.00 Å². The molecule has 10 heteroatoms. The maximum atomic E-state index is 12.8. The summed E-state index contributed by atoms with van der Waals surface area (Å²) in [5, 5.41) is 15.4. The Labute approximate surface area is 212 Å². The van der Waals surface area contributed by atoms with Gasteiger partial charge in [-0.25, -0.2) is 4.79 Å². The first-order valence-electron chi connectivity index (χ1n) is 11.5. The molecule has 1 aliphatic carbocycles. The number of rotatable bonds is 8. The minimum atomic E-state index is -0.439. The Kier molecular flexibility index (Phi) is 7.79. The second kappa shape index (κ2) is 10.6. The zero-order valence-corrected chi connectivity index (χ0v) is 22.6. The number of carbonyl (C=O) groups excluding carboxylic acids is 2. The Balaban J connectivity index is 1.51. The molecule has 0 bridgehead atoms. The fraction of sp³-hybridized carbons (Fsp3) is 0.500. The van der Waals surface area contributed by atoms with Gasteiger partial charge in [-0.05, 0) is 56.6 Å². The van der Waals surface area contributed by atoms with Crippen LogP contribution in [-0.2, 0) is 28.9 Å². The highest BCUT2D eigenvalue weighted by molar-refractivity contribution is 7.99. The van der Waals surface area contributed by atoms with Crippen molar-refractivity contribution in [2.45, 2.75) is 65.1 Å². The summed E-state index contributed by atoms with van der Waals surface area (Å²) in [4.78, 5) is 27.4. The van der Waals surface area contributed by atoms with E-state index in [1.54, 1.807) is 0 Å². The van der Waals surface area contributed by atoms with Crippen LogP contribution in [0.15, 0.2) is 10.5 Å². The number of anilines is 1. The smallest absolute Gasteiger partial charge is 0.341 e. The van der Waals surface area contributed by atoms with Crippen LogP contribution < -0.4 is 5.32 Å². The van der Waals surface area contributed by atoms with Gasteiger partial charge in [0.15, 0.2) is 11.0 Å². The number of aryl methyl sites for hydroxylation is 1. The molecule has 182 valence electrons. The highest BCUT2D eigenvalue weighted by Gasteiger charge is 2.25. The molecule has 3 heterocycles. The first kappa shape index (κ1) is 24.9. The molecule has 0 aliphatic heterocycles. The van der Waals surface area contributed by atoms with Gasteiger partial charge < -0.3 is 14.6 Å². The first-order valence-corrected chi connectivity index (χ1v) is 14.2. The van der Waals surface area contributed by atoms with E-state index in [0.717, 1.165) is 53.1 Å². The highest BCUT2D eigenvalue weighted by Crippen LogP contribution is 2.38. The van der Waals surface area contributed by atoms with Gasteiger partial charge in [0.2, 0.25) is 5.91 Å². The molecule has 0 saturated carbocycles. The quantitative estimate of drug-likeness (QED) is 0.302. The molecule has 1 unspecified atom stereocenters. The van der Waals surface area contributed by atoms with Gasteiger partial charge in [-0.2, -0.15) is 0 Å². The molecule has 3 aromatic heterocycles. The van der Waals surface area contributed by atoms with Gasteiger partial charge in [-0.3, -0.25) is 4.79 Å². The van der Waals surface area contributed by atoms with E-state index in [4.69, 9.17) is 4.74 Å². The van der Waals surface area contributed by atoms with Crippen molar-refractivity contribution in [3.8, 4) is 11.4 Å². The molecule has 0 aromatic carbocycles. The minimum absolute atomic E-state index is 0.178. The molecule has 1 atom stereocenters. The summed E-state index contributed by atoms with van der Waals surface area (Å²) in [7, 11) is 1.35. The number of ether oxygens (including phenoxy) is 1. The summed E-state index contributed by atoms with van der Waals surface area (Å²) in [6.45, 7) is 9.03. The van der Waals surface area contributed by atoms with Crippen LogP contribution in [0.3, 0.4) is 0 Å². The molecule has 34 heavy (non-hydrogen) atoms. The molecule has 0 spiro atoms. The van der Waals surface area contributed by atoms with Crippen LogP contribution in [0.25, 0.3) is 11.4 Å². The van der Waals surface area contributed by atoms with Crippen LogP contribution in [0, 0.1) is 19.8 Å². The third-order valence-corrected chi connectivity index (χ3v) is 9.31. The number of thioether (sulfide) groups is 1. The van der Waals surface area contributed by atoms with Crippen molar-refractivity contribution < 1.29 is 14.3 Å². The topological polar surface area (TPSA) is 86.1 Å². The minimum Gasteiger partial charge on any atom is -0.465 e. The van der Waals surface area contributed by atoms with Gasteiger partial charge in [0.1, 0.15) is 5.00 Å². The lowest BCUT2D eigenvalue weighted by Gasteiger charge is -2.19. The number of hydrogen-bond acceptors (Lipinski definition) is 8. The zero-order chi connectivity index (χ0) is 24.4. The van der Waals surface area contributed by atoms with E-state index in [9.17, 15) is 9.59 Å². The lowest BCUT2D eigenvalue weighted by atomic mass is 9.88. The van der Waals surface area contributed by atoms with E-state index < -0.39 is 5.97 Å². The van der Waals surface area contributed by atoms with Crippen molar-refractivity contribution in [1.29, 1.82) is 0 Å². The number of carbonyl (C=O) groups is 2. The van der Waals surface area contributed by atoms with Crippen molar-refractivity contribution in [3.05, 3.63) is 31.8 Å². The van der Waals surface area contributed by atoms with Gasteiger partial charge in [0.05, 0.1) is 18.4 Å². The molecule has 7 nitrogen and oxygen atoms in total. The maximum absolute atomic E-state index is 12.8. The molecule has 1 N–H and O–H groups in total. The van der Waals surface area contributed by atoms with Crippen LogP contribution in [0.2, 0.25) is 0 Å². The molecule has 4 rings (SSSR count). The van der Waals surface area contributed by atoms with Gasteiger partial charge in [-0.1, -0.05) is 25.6 Å².